The van der Waals surface area contributed by atoms with Gasteiger partial charge in [-0.05, 0) is 36.7 Å². The third-order valence-electron chi connectivity index (χ3n) is 2.44. The molecule has 1 atom stereocenters. The summed E-state index contributed by atoms with van der Waals surface area (Å²) in [6.45, 7) is 3.74. The van der Waals surface area contributed by atoms with Crippen molar-refractivity contribution in [1.29, 1.82) is 0 Å². The Hall–Kier alpha value is -1.22. The number of hydrogen-bond donors (Lipinski definition) is 2. The SMILES string of the molecule is CCNC1COc2ccc(O)cc2C1. The maximum absolute atomic E-state index is 9.33. The number of benzene rings is 1. The van der Waals surface area contributed by atoms with E-state index in [0.29, 0.717) is 18.4 Å². The number of aromatic hydroxyl groups is 1. The maximum Gasteiger partial charge on any atom is 0.122 e. The lowest BCUT2D eigenvalue weighted by Gasteiger charge is -2.25. The van der Waals surface area contributed by atoms with Crippen LogP contribution < -0.4 is 10.1 Å². The van der Waals surface area contributed by atoms with Crippen molar-refractivity contribution >= 4 is 0 Å². The summed E-state index contributed by atoms with van der Waals surface area (Å²) >= 11 is 0. The largest absolute Gasteiger partial charge is 0.508 e. The summed E-state index contributed by atoms with van der Waals surface area (Å²) in [5, 5.41) is 12.7. The third-order valence-corrected chi connectivity index (χ3v) is 2.44. The minimum Gasteiger partial charge on any atom is -0.508 e. The number of likely N-dealkylation sites (N-methyl/N-ethyl adjacent to an activating group) is 1. The second kappa shape index (κ2) is 3.88. The maximum atomic E-state index is 9.33. The summed E-state index contributed by atoms with van der Waals surface area (Å²) in [4.78, 5) is 0. The van der Waals surface area contributed by atoms with Gasteiger partial charge in [-0.1, -0.05) is 6.92 Å². The van der Waals surface area contributed by atoms with Gasteiger partial charge in [0, 0.05) is 6.04 Å². The van der Waals surface area contributed by atoms with Gasteiger partial charge in [0.25, 0.3) is 0 Å². The lowest BCUT2D eigenvalue weighted by Crippen LogP contribution is -2.39. The monoisotopic (exact) mass is 193 g/mol. The first-order valence-electron chi connectivity index (χ1n) is 4.97. The number of nitrogens with one attached hydrogen (secondary N) is 1. The van der Waals surface area contributed by atoms with Gasteiger partial charge in [0.2, 0.25) is 0 Å². The number of hydrogen-bond acceptors (Lipinski definition) is 3. The van der Waals surface area contributed by atoms with Crippen LogP contribution in [0, 0.1) is 0 Å². The van der Waals surface area contributed by atoms with Crippen LogP contribution in [0.1, 0.15) is 12.5 Å². The van der Waals surface area contributed by atoms with E-state index in [2.05, 4.69) is 12.2 Å². The highest BCUT2D eigenvalue weighted by Gasteiger charge is 2.18. The minimum atomic E-state index is 0.310. The summed E-state index contributed by atoms with van der Waals surface area (Å²) in [5.41, 5.74) is 1.09. The van der Waals surface area contributed by atoms with E-state index < -0.39 is 0 Å². The van der Waals surface area contributed by atoms with Crippen LogP contribution in [0.4, 0.5) is 0 Å². The molecule has 1 aliphatic heterocycles. The Morgan fingerprint density at radius 3 is 3.21 bits per heavy atom. The smallest absolute Gasteiger partial charge is 0.122 e. The standard InChI is InChI=1S/C11H15NO2/c1-2-12-9-5-8-6-10(13)3-4-11(8)14-7-9/h3-4,6,9,12-13H,2,5,7H2,1H3. The zero-order valence-electron chi connectivity index (χ0n) is 8.29. The molecule has 1 aromatic carbocycles. The molecule has 1 aromatic rings. The van der Waals surface area contributed by atoms with Crippen molar-refractivity contribution in [2.75, 3.05) is 13.2 Å². The molecule has 0 saturated carbocycles. The van der Waals surface area contributed by atoms with Crippen molar-refractivity contribution in [3.8, 4) is 11.5 Å². The van der Waals surface area contributed by atoms with Gasteiger partial charge in [-0.15, -0.1) is 0 Å². The number of phenolic OH excluding ortho intramolecular Hbond substituents is 1. The van der Waals surface area contributed by atoms with E-state index in [9.17, 15) is 5.11 Å². The van der Waals surface area contributed by atoms with Crippen molar-refractivity contribution in [1.82, 2.24) is 5.32 Å². The molecule has 1 unspecified atom stereocenters. The van der Waals surface area contributed by atoms with Gasteiger partial charge in [0.05, 0.1) is 0 Å². The highest BCUT2D eigenvalue weighted by molar-refractivity contribution is 5.41. The van der Waals surface area contributed by atoms with Crippen molar-refractivity contribution in [2.45, 2.75) is 19.4 Å². The Balaban J connectivity index is 2.16. The quantitative estimate of drug-likeness (QED) is 0.744. The molecule has 0 spiro atoms. The fourth-order valence-electron chi connectivity index (χ4n) is 1.80. The molecular weight excluding hydrogens is 178 g/mol. The zero-order chi connectivity index (χ0) is 9.97. The first-order valence-corrected chi connectivity index (χ1v) is 4.97. The van der Waals surface area contributed by atoms with Crippen molar-refractivity contribution < 1.29 is 9.84 Å². The van der Waals surface area contributed by atoms with Gasteiger partial charge in [-0.25, -0.2) is 0 Å². The van der Waals surface area contributed by atoms with E-state index in [4.69, 9.17) is 4.74 Å². The van der Waals surface area contributed by atoms with Crippen LogP contribution in [-0.4, -0.2) is 24.3 Å². The molecule has 1 aliphatic rings. The highest BCUT2D eigenvalue weighted by Crippen LogP contribution is 2.27. The zero-order valence-corrected chi connectivity index (χ0v) is 8.29. The first-order chi connectivity index (χ1) is 6.79. The second-order valence-electron chi connectivity index (χ2n) is 3.56. The number of ether oxygens (including phenoxy) is 1. The first kappa shape index (κ1) is 9.34. The lowest BCUT2D eigenvalue weighted by molar-refractivity contribution is 0.240. The summed E-state index contributed by atoms with van der Waals surface area (Å²) < 4.78 is 5.57. The van der Waals surface area contributed by atoms with Crippen molar-refractivity contribution in [3.63, 3.8) is 0 Å². The summed E-state index contributed by atoms with van der Waals surface area (Å²) in [7, 11) is 0. The lowest BCUT2D eigenvalue weighted by atomic mass is 10.0. The minimum absolute atomic E-state index is 0.310. The molecule has 0 amide bonds. The fraction of sp³-hybridized carbons (Fsp3) is 0.455. The number of phenols is 1. The average Bonchev–Trinajstić information content (AvgIpc) is 2.17. The van der Waals surface area contributed by atoms with Crippen LogP contribution in [0.2, 0.25) is 0 Å². The molecule has 76 valence electrons. The summed E-state index contributed by atoms with van der Waals surface area (Å²) in [5.74, 6) is 1.21. The van der Waals surface area contributed by atoms with Gasteiger partial charge >= 0.3 is 0 Å². The average molecular weight is 193 g/mol. The van der Waals surface area contributed by atoms with Gasteiger partial charge in [0.1, 0.15) is 18.1 Å². The Morgan fingerprint density at radius 2 is 2.43 bits per heavy atom. The Bertz CT molecular complexity index is 325. The van der Waals surface area contributed by atoms with E-state index >= 15 is 0 Å². The Labute approximate surface area is 83.7 Å². The van der Waals surface area contributed by atoms with Crippen LogP contribution in [-0.2, 0) is 6.42 Å². The normalized spacial score (nSPS) is 19.9. The van der Waals surface area contributed by atoms with Gasteiger partial charge in [-0.2, -0.15) is 0 Å². The van der Waals surface area contributed by atoms with Gasteiger partial charge in [0.15, 0.2) is 0 Å². The summed E-state index contributed by atoms with van der Waals surface area (Å²) in [6.07, 6.45) is 0.928. The summed E-state index contributed by atoms with van der Waals surface area (Å²) in [6, 6.07) is 5.63. The Morgan fingerprint density at radius 1 is 1.57 bits per heavy atom. The van der Waals surface area contributed by atoms with Crippen molar-refractivity contribution in [3.05, 3.63) is 23.8 Å². The predicted molar refractivity (Wildman–Crippen MR) is 54.8 cm³/mol. The molecule has 3 nitrogen and oxygen atoms in total. The molecular formula is C11H15NO2. The predicted octanol–water partition coefficient (Wildman–Crippen LogP) is 1.31. The molecule has 0 aliphatic carbocycles. The fourth-order valence-corrected chi connectivity index (χ4v) is 1.80. The molecule has 2 N–H and O–H groups in total. The van der Waals surface area contributed by atoms with Crippen LogP contribution in [0.5, 0.6) is 11.5 Å². The van der Waals surface area contributed by atoms with E-state index in [1.807, 2.05) is 6.07 Å². The van der Waals surface area contributed by atoms with Crippen LogP contribution >= 0.6 is 0 Å². The molecule has 0 fully saturated rings. The number of rotatable bonds is 2. The van der Waals surface area contributed by atoms with Crippen LogP contribution in [0.15, 0.2) is 18.2 Å². The molecule has 0 bridgehead atoms. The van der Waals surface area contributed by atoms with Gasteiger partial charge < -0.3 is 15.2 Å². The van der Waals surface area contributed by atoms with E-state index in [1.165, 1.54) is 0 Å². The van der Waals surface area contributed by atoms with Crippen molar-refractivity contribution in [2.24, 2.45) is 0 Å². The van der Waals surface area contributed by atoms with E-state index in [-0.39, 0.29) is 0 Å². The second-order valence-corrected chi connectivity index (χ2v) is 3.56. The molecule has 1 heterocycles. The molecule has 3 heteroatoms. The van der Waals surface area contributed by atoms with Crippen LogP contribution in [0.25, 0.3) is 0 Å². The van der Waals surface area contributed by atoms with Gasteiger partial charge in [-0.3, -0.25) is 0 Å². The third kappa shape index (κ3) is 1.82. The van der Waals surface area contributed by atoms with E-state index in [1.54, 1.807) is 12.1 Å². The van der Waals surface area contributed by atoms with E-state index in [0.717, 1.165) is 24.3 Å². The van der Waals surface area contributed by atoms with Crippen LogP contribution in [0.3, 0.4) is 0 Å². The molecule has 0 radical (unpaired) electrons. The molecule has 14 heavy (non-hydrogen) atoms. The topological polar surface area (TPSA) is 41.5 Å². The highest BCUT2D eigenvalue weighted by atomic mass is 16.5. The molecule has 2 rings (SSSR count). The Kier molecular flexibility index (Phi) is 2.59. The number of fused-ring (bicyclic) bond motifs is 1. The molecule has 0 saturated heterocycles. The molecule has 0 aromatic heterocycles.